The second-order valence-electron chi connectivity index (χ2n) is 4.43. The number of ether oxygens (including phenoxy) is 1. The fourth-order valence-corrected chi connectivity index (χ4v) is 1.65. The zero-order chi connectivity index (χ0) is 12.1. The maximum atomic E-state index is 11.8. The van der Waals surface area contributed by atoms with Gasteiger partial charge in [-0.3, -0.25) is 4.79 Å². The summed E-state index contributed by atoms with van der Waals surface area (Å²) in [5.41, 5.74) is 0. The molecule has 1 rings (SSSR count). The lowest BCUT2D eigenvalue weighted by molar-refractivity contribution is -0.124. The summed E-state index contributed by atoms with van der Waals surface area (Å²) in [4.78, 5) is 13.8. The molecule has 0 aromatic carbocycles. The largest absolute Gasteiger partial charge is 0.378 e. The van der Waals surface area contributed by atoms with Crippen LogP contribution in [0.1, 0.15) is 20.8 Å². The van der Waals surface area contributed by atoms with E-state index in [-0.39, 0.29) is 11.8 Å². The van der Waals surface area contributed by atoms with Crippen LogP contribution in [0.3, 0.4) is 0 Å². The Morgan fingerprint density at radius 1 is 1.31 bits per heavy atom. The lowest BCUT2D eigenvalue weighted by Gasteiger charge is -2.29. The Kier molecular flexibility index (Phi) is 5.15. The molecule has 4 nitrogen and oxygen atoms in total. The first-order valence-electron chi connectivity index (χ1n) is 5.70. The maximum absolute atomic E-state index is 11.8. The van der Waals surface area contributed by atoms with E-state index in [1.807, 2.05) is 25.7 Å². The number of carbonyl (C=O) groups excluding carboxylic acids is 1. The second-order valence-corrected chi connectivity index (χ2v) is 4.81. The first-order valence-corrected chi connectivity index (χ1v) is 6.10. The van der Waals surface area contributed by atoms with Crippen LogP contribution in [0, 0.1) is 11.8 Å². The number of morpholine rings is 1. The van der Waals surface area contributed by atoms with Crippen molar-refractivity contribution >= 4 is 23.2 Å². The van der Waals surface area contributed by atoms with Crippen LogP contribution in [0.25, 0.3) is 0 Å². The van der Waals surface area contributed by atoms with Gasteiger partial charge in [0.15, 0.2) is 5.11 Å². The molecule has 1 N–H and O–H groups in total. The van der Waals surface area contributed by atoms with Gasteiger partial charge in [-0.1, -0.05) is 20.8 Å². The molecule has 0 aromatic rings. The Morgan fingerprint density at radius 2 is 1.88 bits per heavy atom. The number of nitrogens with one attached hydrogen (secondary N) is 1. The molecule has 1 aliphatic rings. The van der Waals surface area contributed by atoms with E-state index in [1.54, 1.807) is 0 Å². The Bertz CT molecular complexity index is 263. The Morgan fingerprint density at radius 3 is 2.38 bits per heavy atom. The third-order valence-electron chi connectivity index (χ3n) is 2.94. The number of thiocarbonyl (C=S) groups is 1. The van der Waals surface area contributed by atoms with Gasteiger partial charge in [0, 0.05) is 19.0 Å². The highest BCUT2D eigenvalue weighted by Gasteiger charge is 2.20. The van der Waals surface area contributed by atoms with Crippen LogP contribution in [0.4, 0.5) is 0 Å². The van der Waals surface area contributed by atoms with Crippen LogP contribution in [0.5, 0.6) is 0 Å². The van der Waals surface area contributed by atoms with Crippen molar-refractivity contribution in [1.29, 1.82) is 0 Å². The highest BCUT2D eigenvalue weighted by atomic mass is 32.1. The lowest BCUT2D eigenvalue weighted by atomic mass is 9.97. The second kappa shape index (κ2) is 6.15. The van der Waals surface area contributed by atoms with Gasteiger partial charge in [-0.2, -0.15) is 0 Å². The summed E-state index contributed by atoms with van der Waals surface area (Å²) in [6, 6.07) is 0. The number of carbonyl (C=O) groups is 1. The van der Waals surface area contributed by atoms with Crippen molar-refractivity contribution in [2.24, 2.45) is 11.8 Å². The van der Waals surface area contributed by atoms with Gasteiger partial charge < -0.3 is 15.0 Å². The van der Waals surface area contributed by atoms with Crippen molar-refractivity contribution in [1.82, 2.24) is 10.2 Å². The molecule has 0 saturated carbocycles. The molecule has 5 heteroatoms. The van der Waals surface area contributed by atoms with E-state index in [9.17, 15) is 4.79 Å². The number of hydrogen-bond donors (Lipinski definition) is 1. The van der Waals surface area contributed by atoms with Gasteiger partial charge in [0.05, 0.1) is 13.2 Å². The van der Waals surface area contributed by atoms with Crippen molar-refractivity contribution in [2.45, 2.75) is 20.8 Å². The first kappa shape index (κ1) is 13.4. The van der Waals surface area contributed by atoms with Gasteiger partial charge in [0.1, 0.15) is 0 Å². The smallest absolute Gasteiger partial charge is 0.229 e. The van der Waals surface area contributed by atoms with Crippen LogP contribution in [-0.2, 0) is 9.53 Å². The standard InChI is InChI=1S/C11H20N2O2S/c1-8(2)9(3)10(14)12-11(16)13-4-6-15-7-5-13/h8-9H,4-7H2,1-3H3,(H,12,14,16)/t9-/m0/s1. The molecular formula is C11H20N2O2S. The van der Waals surface area contributed by atoms with Gasteiger partial charge in [0.2, 0.25) is 5.91 Å². The molecule has 0 spiro atoms. The van der Waals surface area contributed by atoms with Gasteiger partial charge in [-0.05, 0) is 18.1 Å². The topological polar surface area (TPSA) is 41.6 Å². The van der Waals surface area contributed by atoms with E-state index < -0.39 is 0 Å². The van der Waals surface area contributed by atoms with Crippen LogP contribution in [-0.4, -0.2) is 42.2 Å². The summed E-state index contributed by atoms with van der Waals surface area (Å²) in [5.74, 6) is 0.318. The number of nitrogens with zero attached hydrogens (tertiary/aromatic N) is 1. The summed E-state index contributed by atoms with van der Waals surface area (Å²) in [5, 5.41) is 3.32. The van der Waals surface area contributed by atoms with Crippen LogP contribution in [0.2, 0.25) is 0 Å². The van der Waals surface area contributed by atoms with Gasteiger partial charge in [-0.25, -0.2) is 0 Å². The average Bonchev–Trinajstić information content (AvgIpc) is 2.28. The summed E-state index contributed by atoms with van der Waals surface area (Å²) in [7, 11) is 0. The fraction of sp³-hybridized carbons (Fsp3) is 0.818. The molecule has 0 unspecified atom stereocenters. The quantitative estimate of drug-likeness (QED) is 0.736. The SMILES string of the molecule is CC(C)[C@H](C)C(=O)NC(=S)N1CCOCC1. The van der Waals surface area contributed by atoms with E-state index in [1.165, 1.54) is 0 Å². The Hall–Kier alpha value is -0.680. The Balaban J connectivity index is 2.41. The van der Waals surface area contributed by atoms with Gasteiger partial charge in [-0.15, -0.1) is 0 Å². The van der Waals surface area contributed by atoms with Crippen molar-refractivity contribution in [2.75, 3.05) is 26.3 Å². The highest BCUT2D eigenvalue weighted by Crippen LogP contribution is 2.09. The zero-order valence-corrected chi connectivity index (χ0v) is 11.0. The van der Waals surface area contributed by atoms with E-state index in [0.29, 0.717) is 24.2 Å². The van der Waals surface area contributed by atoms with Crippen molar-refractivity contribution in [3.05, 3.63) is 0 Å². The zero-order valence-electron chi connectivity index (χ0n) is 10.2. The molecule has 1 amide bonds. The molecule has 0 radical (unpaired) electrons. The molecule has 92 valence electrons. The molecule has 1 saturated heterocycles. The molecule has 0 bridgehead atoms. The normalized spacial score (nSPS) is 18.4. The molecule has 1 atom stereocenters. The van der Waals surface area contributed by atoms with E-state index in [2.05, 4.69) is 5.32 Å². The summed E-state index contributed by atoms with van der Waals surface area (Å²) < 4.78 is 5.23. The third kappa shape index (κ3) is 3.72. The minimum atomic E-state index is -0.0148. The molecule has 16 heavy (non-hydrogen) atoms. The molecule has 1 heterocycles. The van der Waals surface area contributed by atoms with Crippen molar-refractivity contribution in [3.8, 4) is 0 Å². The molecule has 0 aromatic heterocycles. The summed E-state index contributed by atoms with van der Waals surface area (Å²) >= 11 is 5.19. The van der Waals surface area contributed by atoms with Crippen LogP contribution < -0.4 is 5.32 Å². The summed E-state index contributed by atoms with van der Waals surface area (Å²) in [6.07, 6.45) is 0. The molecular weight excluding hydrogens is 224 g/mol. The Labute approximate surface area is 102 Å². The predicted octanol–water partition coefficient (Wildman–Crippen LogP) is 1.01. The van der Waals surface area contributed by atoms with Crippen LogP contribution >= 0.6 is 12.2 Å². The van der Waals surface area contributed by atoms with Crippen molar-refractivity contribution < 1.29 is 9.53 Å². The van der Waals surface area contributed by atoms with E-state index >= 15 is 0 Å². The molecule has 1 aliphatic heterocycles. The number of rotatable bonds is 2. The average molecular weight is 244 g/mol. The minimum absolute atomic E-state index is 0.00601. The number of amides is 1. The highest BCUT2D eigenvalue weighted by molar-refractivity contribution is 7.80. The summed E-state index contributed by atoms with van der Waals surface area (Å²) in [6.45, 7) is 8.85. The van der Waals surface area contributed by atoms with Crippen LogP contribution in [0.15, 0.2) is 0 Å². The molecule has 0 aliphatic carbocycles. The monoisotopic (exact) mass is 244 g/mol. The van der Waals surface area contributed by atoms with E-state index in [0.717, 1.165) is 13.1 Å². The van der Waals surface area contributed by atoms with Gasteiger partial charge >= 0.3 is 0 Å². The van der Waals surface area contributed by atoms with E-state index in [4.69, 9.17) is 17.0 Å². The third-order valence-corrected chi connectivity index (χ3v) is 3.30. The lowest BCUT2D eigenvalue weighted by Crippen LogP contribution is -2.49. The van der Waals surface area contributed by atoms with Gasteiger partial charge in [0.25, 0.3) is 0 Å². The number of hydrogen-bond acceptors (Lipinski definition) is 3. The van der Waals surface area contributed by atoms with Crippen molar-refractivity contribution in [3.63, 3.8) is 0 Å². The predicted molar refractivity (Wildman–Crippen MR) is 67.1 cm³/mol. The molecule has 1 fully saturated rings. The maximum Gasteiger partial charge on any atom is 0.229 e. The first-order chi connectivity index (χ1) is 7.52. The fourth-order valence-electron chi connectivity index (χ4n) is 1.37. The minimum Gasteiger partial charge on any atom is -0.378 e.